The van der Waals surface area contributed by atoms with Crippen molar-refractivity contribution < 1.29 is 15.0 Å². The maximum absolute atomic E-state index is 11.6. The summed E-state index contributed by atoms with van der Waals surface area (Å²) in [5.41, 5.74) is -0.0440. The van der Waals surface area contributed by atoms with Gasteiger partial charge in [-0.3, -0.25) is 4.79 Å². The molecule has 1 saturated carbocycles. The van der Waals surface area contributed by atoms with Crippen molar-refractivity contribution in [3.05, 3.63) is 0 Å². The lowest BCUT2D eigenvalue weighted by Gasteiger charge is -2.43. The molecular formula is C13H24O3. The van der Waals surface area contributed by atoms with Gasteiger partial charge < -0.3 is 10.2 Å². The molecule has 3 unspecified atom stereocenters. The first kappa shape index (κ1) is 13.7. The molecule has 0 bridgehead atoms. The van der Waals surface area contributed by atoms with Gasteiger partial charge in [0.05, 0.1) is 6.10 Å². The molecule has 1 fully saturated rings. The van der Waals surface area contributed by atoms with E-state index in [0.717, 1.165) is 12.8 Å². The fraction of sp³-hybridized carbons (Fsp3) is 0.923. The van der Waals surface area contributed by atoms with Crippen LogP contribution in [0.4, 0.5) is 0 Å². The first-order valence-electron chi connectivity index (χ1n) is 6.17. The Morgan fingerprint density at radius 1 is 1.50 bits per heavy atom. The van der Waals surface area contributed by atoms with Gasteiger partial charge in [-0.15, -0.1) is 0 Å². The highest BCUT2D eigenvalue weighted by atomic mass is 16.3. The Hall–Kier alpha value is -0.410. The fourth-order valence-electron chi connectivity index (χ4n) is 3.02. The van der Waals surface area contributed by atoms with Crippen molar-refractivity contribution >= 4 is 5.78 Å². The van der Waals surface area contributed by atoms with Crippen molar-refractivity contribution in [2.75, 3.05) is 6.61 Å². The minimum Gasteiger partial charge on any atom is -0.396 e. The van der Waals surface area contributed by atoms with Crippen LogP contribution in [0.25, 0.3) is 0 Å². The average molecular weight is 228 g/mol. The second kappa shape index (κ2) is 5.28. The van der Waals surface area contributed by atoms with E-state index in [9.17, 15) is 15.0 Å². The number of hydrogen-bond acceptors (Lipinski definition) is 3. The van der Waals surface area contributed by atoms with Crippen LogP contribution >= 0.6 is 0 Å². The Balaban J connectivity index is 2.70. The first-order chi connectivity index (χ1) is 7.36. The maximum atomic E-state index is 11.6. The molecule has 0 aromatic rings. The van der Waals surface area contributed by atoms with Crippen molar-refractivity contribution in [3.63, 3.8) is 0 Å². The molecule has 0 aliphatic heterocycles. The lowest BCUT2D eigenvalue weighted by Crippen LogP contribution is -2.40. The van der Waals surface area contributed by atoms with Crippen LogP contribution in [-0.2, 0) is 4.79 Å². The van der Waals surface area contributed by atoms with Crippen molar-refractivity contribution in [2.45, 2.75) is 52.6 Å². The molecule has 0 aromatic carbocycles. The number of rotatable bonds is 4. The van der Waals surface area contributed by atoms with Crippen LogP contribution < -0.4 is 0 Å². The molecular weight excluding hydrogens is 204 g/mol. The lowest BCUT2D eigenvalue weighted by atomic mass is 9.62. The Morgan fingerprint density at radius 2 is 2.12 bits per heavy atom. The molecule has 1 aliphatic carbocycles. The highest BCUT2D eigenvalue weighted by molar-refractivity contribution is 5.80. The second-order valence-electron chi connectivity index (χ2n) is 5.88. The largest absolute Gasteiger partial charge is 0.396 e. The van der Waals surface area contributed by atoms with Gasteiger partial charge >= 0.3 is 0 Å². The number of carbonyl (C=O) groups is 1. The summed E-state index contributed by atoms with van der Waals surface area (Å²) < 4.78 is 0. The number of carbonyl (C=O) groups excluding carboxylic acids is 1. The Morgan fingerprint density at radius 3 is 2.62 bits per heavy atom. The van der Waals surface area contributed by atoms with E-state index in [2.05, 4.69) is 13.8 Å². The monoisotopic (exact) mass is 228 g/mol. The van der Waals surface area contributed by atoms with E-state index in [4.69, 9.17) is 0 Å². The number of aliphatic hydroxyl groups is 2. The summed E-state index contributed by atoms with van der Waals surface area (Å²) >= 11 is 0. The molecule has 0 amide bonds. The van der Waals surface area contributed by atoms with Gasteiger partial charge in [-0.2, -0.15) is 0 Å². The highest BCUT2D eigenvalue weighted by Crippen LogP contribution is 2.44. The number of hydrogen-bond donors (Lipinski definition) is 2. The standard InChI is InChI=1S/C13H24O3/c1-9(15)4-5-12-10(8-14)6-11(16)7-13(12,2)3/h9-10,12,14-15H,4-8H2,1-3H3. The fourth-order valence-corrected chi connectivity index (χ4v) is 3.02. The van der Waals surface area contributed by atoms with Crippen molar-refractivity contribution in [1.82, 2.24) is 0 Å². The Labute approximate surface area is 97.9 Å². The Kier molecular flexibility index (Phi) is 4.51. The molecule has 0 spiro atoms. The number of ketones is 1. The Bertz CT molecular complexity index is 246. The van der Waals surface area contributed by atoms with E-state index in [-0.39, 0.29) is 29.8 Å². The summed E-state index contributed by atoms with van der Waals surface area (Å²) in [6.45, 7) is 6.06. The molecule has 3 atom stereocenters. The SMILES string of the molecule is CC(O)CCC1C(CO)CC(=O)CC1(C)C. The van der Waals surface area contributed by atoms with E-state index in [1.165, 1.54) is 0 Å². The number of Topliss-reactive ketones (excluding diaryl/α,β-unsaturated/α-hetero) is 1. The van der Waals surface area contributed by atoms with Crippen LogP contribution in [0.2, 0.25) is 0 Å². The molecule has 0 heterocycles. The quantitative estimate of drug-likeness (QED) is 0.771. The van der Waals surface area contributed by atoms with Crippen molar-refractivity contribution in [1.29, 1.82) is 0 Å². The molecule has 16 heavy (non-hydrogen) atoms. The van der Waals surface area contributed by atoms with Crippen LogP contribution in [-0.4, -0.2) is 28.7 Å². The molecule has 1 rings (SSSR count). The third kappa shape index (κ3) is 3.29. The molecule has 3 heteroatoms. The average Bonchev–Trinajstić information content (AvgIpc) is 2.13. The van der Waals surface area contributed by atoms with Crippen LogP contribution in [0.5, 0.6) is 0 Å². The first-order valence-corrected chi connectivity index (χ1v) is 6.17. The van der Waals surface area contributed by atoms with Gasteiger partial charge in [-0.05, 0) is 37.0 Å². The van der Waals surface area contributed by atoms with Crippen LogP contribution in [0, 0.1) is 17.3 Å². The van der Waals surface area contributed by atoms with E-state index in [1.54, 1.807) is 6.92 Å². The van der Waals surface area contributed by atoms with E-state index in [0.29, 0.717) is 18.8 Å². The summed E-state index contributed by atoms with van der Waals surface area (Å²) in [7, 11) is 0. The molecule has 3 nitrogen and oxygen atoms in total. The van der Waals surface area contributed by atoms with E-state index < -0.39 is 0 Å². The van der Waals surface area contributed by atoms with Gasteiger partial charge in [0.2, 0.25) is 0 Å². The summed E-state index contributed by atoms with van der Waals surface area (Å²) in [5.74, 6) is 0.678. The molecule has 0 radical (unpaired) electrons. The zero-order chi connectivity index (χ0) is 12.3. The predicted molar refractivity (Wildman–Crippen MR) is 63.0 cm³/mol. The summed E-state index contributed by atoms with van der Waals surface area (Å²) in [6.07, 6.45) is 2.45. The van der Waals surface area contributed by atoms with Crippen LogP contribution in [0.1, 0.15) is 46.5 Å². The third-order valence-electron chi connectivity index (χ3n) is 3.85. The van der Waals surface area contributed by atoms with Gasteiger partial charge in [-0.25, -0.2) is 0 Å². The van der Waals surface area contributed by atoms with Gasteiger partial charge in [0, 0.05) is 19.4 Å². The summed E-state index contributed by atoms with van der Waals surface area (Å²) in [6, 6.07) is 0. The summed E-state index contributed by atoms with van der Waals surface area (Å²) in [4.78, 5) is 11.6. The minimum atomic E-state index is -0.298. The molecule has 0 aromatic heterocycles. The zero-order valence-electron chi connectivity index (χ0n) is 10.6. The molecule has 0 saturated heterocycles. The van der Waals surface area contributed by atoms with Crippen molar-refractivity contribution in [3.8, 4) is 0 Å². The highest BCUT2D eigenvalue weighted by Gasteiger charge is 2.41. The number of aliphatic hydroxyl groups excluding tert-OH is 2. The maximum Gasteiger partial charge on any atom is 0.133 e. The van der Waals surface area contributed by atoms with Gasteiger partial charge in [0.15, 0.2) is 0 Å². The normalized spacial score (nSPS) is 31.4. The van der Waals surface area contributed by atoms with Gasteiger partial charge in [-0.1, -0.05) is 13.8 Å². The molecule has 2 N–H and O–H groups in total. The smallest absolute Gasteiger partial charge is 0.133 e. The minimum absolute atomic E-state index is 0.0440. The second-order valence-corrected chi connectivity index (χ2v) is 5.88. The van der Waals surface area contributed by atoms with E-state index >= 15 is 0 Å². The lowest BCUT2D eigenvalue weighted by molar-refractivity contribution is -0.129. The van der Waals surface area contributed by atoms with Gasteiger partial charge in [0.1, 0.15) is 5.78 Å². The molecule has 1 aliphatic rings. The van der Waals surface area contributed by atoms with Gasteiger partial charge in [0.25, 0.3) is 0 Å². The third-order valence-corrected chi connectivity index (χ3v) is 3.85. The zero-order valence-corrected chi connectivity index (χ0v) is 10.6. The topological polar surface area (TPSA) is 57.5 Å². The van der Waals surface area contributed by atoms with Crippen molar-refractivity contribution in [2.24, 2.45) is 17.3 Å². The summed E-state index contributed by atoms with van der Waals surface area (Å²) in [5, 5.41) is 18.7. The molecule has 94 valence electrons. The predicted octanol–water partition coefficient (Wildman–Crippen LogP) is 1.76. The van der Waals surface area contributed by atoms with Crippen LogP contribution in [0.15, 0.2) is 0 Å². The van der Waals surface area contributed by atoms with E-state index in [1.807, 2.05) is 0 Å². The van der Waals surface area contributed by atoms with Crippen LogP contribution in [0.3, 0.4) is 0 Å².